The molecular weight excluding hydrogens is 286 g/mol. The molecule has 0 fully saturated rings. The van der Waals surface area contributed by atoms with Gasteiger partial charge in [-0.3, -0.25) is 14.4 Å². The first-order chi connectivity index (χ1) is 9.83. The van der Waals surface area contributed by atoms with Gasteiger partial charge in [-0.25, -0.2) is 8.78 Å². The highest BCUT2D eigenvalue weighted by atomic mass is 19.1. The molecule has 0 heterocycles. The van der Waals surface area contributed by atoms with E-state index in [2.05, 4.69) is 10.1 Å². The summed E-state index contributed by atoms with van der Waals surface area (Å²) in [6.45, 7) is 0. The van der Waals surface area contributed by atoms with Gasteiger partial charge in [-0.2, -0.15) is 0 Å². The molecule has 1 atom stereocenters. The third-order valence-electron chi connectivity index (χ3n) is 2.64. The SMILES string of the molecule is COC(=O)CC[C@H](NC(=O)c1cc(F)cc(F)c1)C(N)=O. The summed E-state index contributed by atoms with van der Waals surface area (Å²) in [5.41, 5.74) is 4.80. The molecule has 0 aliphatic heterocycles. The van der Waals surface area contributed by atoms with Gasteiger partial charge in [0, 0.05) is 18.1 Å². The first-order valence-corrected chi connectivity index (χ1v) is 5.96. The second kappa shape index (κ2) is 7.32. The van der Waals surface area contributed by atoms with Gasteiger partial charge in [-0.15, -0.1) is 0 Å². The van der Waals surface area contributed by atoms with Gasteiger partial charge < -0.3 is 15.8 Å². The van der Waals surface area contributed by atoms with E-state index >= 15 is 0 Å². The Labute approximate surface area is 119 Å². The van der Waals surface area contributed by atoms with Crippen molar-refractivity contribution in [3.05, 3.63) is 35.4 Å². The molecule has 0 aromatic heterocycles. The van der Waals surface area contributed by atoms with Gasteiger partial charge >= 0.3 is 5.97 Å². The second-order valence-corrected chi connectivity index (χ2v) is 4.20. The molecule has 3 N–H and O–H groups in total. The lowest BCUT2D eigenvalue weighted by Crippen LogP contribution is -2.44. The fourth-order valence-corrected chi connectivity index (χ4v) is 1.58. The third-order valence-corrected chi connectivity index (χ3v) is 2.64. The zero-order valence-electron chi connectivity index (χ0n) is 11.2. The summed E-state index contributed by atoms with van der Waals surface area (Å²) >= 11 is 0. The number of primary amides is 1. The van der Waals surface area contributed by atoms with Crippen molar-refractivity contribution in [2.45, 2.75) is 18.9 Å². The van der Waals surface area contributed by atoms with Gasteiger partial charge in [-0.1, -0.05) is 0 Å². The number of halogens is 2. The molecular formula is C13H14F2N2O4. The summed E-state index contributed by atoms with van der Waals surface area (Å²) in [5, 5.41) is 2.21. The molecule has 0 spiro atoms. The Morgan fingerprint density at radius 1 is 1.24 bits per heavy atom. The summed E-state index contributed by atoms with van der Waals surface area (Å²) in [5.74, 6) is -4.17. The average molecular weight is 300 g/mol. The zero-order valence-corrected chi connectivity index (χ0v) is 11.2. The van der Waals surface area contributed by atoms with Crippen molar-refractivity contribution in [2.24, 2.45) is 5.73 Å². The van der Waals surface area contributed by atoms with Gasteiger partial charge in [0.05, 0.1) is 7.11 Å². The van der Waals surface area contributed by atoms with Crippen LogP contribution in [0.2, 0.25) is 0 Å². The predicted octanol–water partition coefficient (Wildman–Crippen LogP) is 0.502. The molecule has 1 aromatic rings. The van der Waals surface area contributed by atoms with Crippen LogP contribution >= 0.6 is 0 Å². The van der Waals surface area contributed by atoms with Crippen LogP contribution in [0, 0.1) is 11.6 Å². The molecule has 114 valence electrons. The highest BCUT2D eigenvalue weighted by molar-refractivity contribution is 5.97. The fraction of sp³-hybridized carbons (Fsp3) is 0.308. The number of esters is 1. The van der Waals surface area contributed by atoms with E-state index in [1.54, 1.807) is 0 Å². The van der Waals surface area contributed by atoms with Crippen molar-refractivity contribution in [2.75, 3.05) is 7.11 Å². The maximum absolute atomic E-state index is 13.0. The number of nitrogens with one attached hydrogen (secondary N) is 1. The molecule has 0 unspecified atom stereocenters. The van der Waals surface area contributed by atoms with E-state index in [1.807, 2.05) is 0 Å². The number of rotatable bonds is 6. The van der Waals surface area contributed by atoms with Crippen LogP contribution in [0.1, 0.15) is 23.2 Å². The molecule has 0 aliphatic rings. The van der Waals surface area contributed by atoms with Crippen molar-refractivity contribution < 1.29 is 27.9 Å². The summed E-state index contributed by atoms with van der Waals surface area (Å²) in [6, 6.07) is 1.09. The van der Waals surface area contributed by atoms with E-state index in [4.69, 9.17) is 5.73 Å². The van der Waals surface area contributed by atoms with Crippen molar-refractivity contribution in [1.29, 1.82) is 0 Å². The molecule has 21 heavy (non-hydrogen) atoms. The lowest BCUT2D eigenvalue weighted by molar-refractivity contribution is -0.140. The topological polar surface area (TPSA) is 98.5 Å². The van der Waals surface area contributed by atoms with Gasteiger partial charge in [0.25, 0.3) is 5.91 Å². The number of amides is 2. The molecule has 2 amide bonds. The molecule has 0 aliphatic carbocycles. The first kappa shape index (κ1) is 16.5. The number of carbonyl (C=O) groups is 3. The van der Waals surface area contributed by atoms with Crippen LogP contribution in [-0.2, 0) is 14.3 Å². The van der Waals surface area contributed by atoms with Gasteiger partial charge in [0.2, 0.25) is 5.91 Å². The van der Waals surface area contributed by atoms with Crippen molar-refractivity contribution >= 4 is 17.8 Å². The normalized spacial score (nSPS) is 11.6. The lowest BCUT2D eigenvalue weighted by atomic mass is 10.1. The minimum absolute atomic E-state index is 0.0778. The Kier molecular flexibility index (Phi) is 5.77. The number of benzene rings is 1. The van der Waals surface area contributed by atoms with Crippen LogP contribution in [0.5, 0.6) is 0 Å². The molecule has 6 nitrogen and oxygen atoms in total. The van der Waals surface area contributed by atoms with Crippen LogP contribution in [0.3, 0.4) is 0 Å². The van der Waals surface area contributed by atoms with Gasteiger partial charge in [-0.05, 0) is 18.6 Å². The second-order valence-electron chi connectivity index (χ2n) is 4.20. The summed E-state index contributed by atoms with van der Waals surface area (Å²) in [7, 11) is 1.18. The van der Waals surface area contributed by atoms with Crippen LogP contribution in [-0.4, -0.2) is 30.9 Å². The molecule has 0 radical (unpaired) electrons. The number of hydrogen-bond acceptors (Lipinski definition) is 4. The molecule has 0 bridgehead atoms. The standard InChI is InChI=1S/C13H14F2N2O4/c1-21-11(18)3-2-10(12(16)19)17-13(20)7-4-8(14)6-9(15)5-7/h4-6,10H,2-3H2,1H3,(H2,16,19)(H,17,20)/t10-/m0/s1. The predicted molar refractivity (Wildman–Crippen MR) is 68.1 cm³/mol. The zero-order chi connectivity index (χ0) is 16.0. The van der Waals surface area contributed by atoms with Crippen LogP contribution in [0.15, 0.2) is 18.2 Å². The highest BCUT2D eigenvalue weighted by Gasteiger charge is 2.21. The van der Waals surface area contributed by atoms with E-state index in [0.717, 1.165) is 12.1 Å². The third kappa shape index (κ3) is 5.17. The Morgan fingerprint density at radius 3 is 2.29 bits per heavy atom. The van der Waals surface area contributed by atoms with E-state index in [-0.39, 0.29) is 18.4 Å². The maximum atomic E-state index is 13.0. The van der Waals surface area contributed by atoms with Crippen molar-refractivity contribution in [3.8, 4) is 0 Å². The minimum Gasteiger partial charge on any atom is -0.469 e. The molecule has 1 rings (SSSR count). The first-order valence-electron chi connectivity index (χ1n) is 5.96. The highest BCUT2D eigenvalue weighted by Crippen LogP contribution is 2.09. The number of ether oxygens (including phenoxy) is 1. The van der Waals surface area contributed by atoms with Crippen molar-refractivity contribution in [3.63, 3.8) is 0 Å². The fourth-order valence-electron chi connectivity index (χ4n) is 1.58. The number of nitrogens with two attached hydrogens (primary N) is 1. The molecule has 0 saturated carbocycles. The lowest BCUT2D eigenvalue weighted by Gasteiger charge is -2.15. The Morgan fingerprint density at radius 2 is 1.81 bits per heavy atom. The van der Waals surface area contributed by atoms with Crippen molar-refractivity contribution in [1.82, 2.24) is 5.32 Å². The van der Waals surface area contributed by atoms with Gasteiger partial charge in [0.15, 0.2) is 0 Å². The summed E-state index contributed by atoms with van der Waals surface area (Å²) in [4.78, 5) is 34.0. The smallest absolute Gasteiger partial charge is 0.305 e. The maximum Gasteiger partial charge on any atom is 0.305 e. The summed E-state index contributed by atoms with van der Waals surface area (Å²) < 4.78 is 30.4. The Balaban J connectivity index is 2.76. The van der Waals surface area contributed by atoms with Crippen LogP contribution in [0.25, 0.3) is 0 Å². The molecule has 1 aromatic carbocycles. The molecule has 8 heteroatoms. The summed E-state index contributed by atoms with van der Waals surface area (Å²) in [6.07, 6.45) is -0.215. The Bertz CT molecular complexity index is 543. The van der Waals surface area contributed by atoms with E-state index in [0.29, 0.717) is 6.07 Å². The quantitative estimate of drug-likeness (QED) is 0.747. The average Bonchev–Trinajstić information content (AvgIpc) is 2.41. The molecule has 0 saturated heterocycles. The van der Waals surface area contributed by atoms with Gasteiger partial charge in [0.1, 0.15) is 17.7 Å². The van der Waals surface area contributed by atoms with E-state index in [1.165, 1.54) is 7.11 Å². The van der Waals surface area contributed by atoms with Crippen LogP contribution < -0.4 is 11.1 Å². The number of carbonyl (C=O) groups excluding carboxylic acids is 3. The monoisotopic (exact) mass is 300 g/mol. The minimum atomic E-state index is -1.15. The van der Waals surface area contributed by atoms with E-state index in [9.17, 15) is 23.2 Å². The number of methoxy groups -OCH3 is 1. The van der Waals surface area contributed by atoms with Crippen LogP contribution in [0.4, 0.5) is 8.78 Å². The largest absolute Gasteiger partial charge is 0.469 e. The Hall–Kier alpha value is -2.51. The number of hydrogen-bond donors (Lipinski definition) is 2. The van der Waals surface area contributed by atoms with E-state index < -0.39 is 35.5 Å².